The lowest BCUT2D eigenvalue weighted by atomic mass is 9.94. The molecule has 4 aromatic carbocycles. The first kappa shape index (κ1) is 27.8. The average Bonchev–Trinajstić information content (AvgIpc) is 3.01. The van der Waals surface area contributed by atoms with E-state index in [1.807, 2.05) is 55.6 Å². The highest BCUT2D eigenvalue weighted by Crippen LogP contribution is 2.31. The second-order valence-electron chi connectivity index (χ2n) is 11.0. The summed E-state index contributed by atoms with van der Waals surface area (Å²) >= 11 is 0. The van der Waals surface area contributed by atoms with Crippen LogP contribution in [0.5, 0.6) is 0 Å². The third-order valence-corrected chi connectivity index (χ3v) is 8.52. The fourth-order valence-corrected chi connectivity index (χ4v) is 6.18. The summed E-state index contributed by atoms with van der Waals surface area (Å²) in [6.07, 6.45) is 0.873. The molecule has 0 N–H and O–H groups in total. The third-order valence-electron chi connectivity index (χ3n) is 8.52. The summed E-state index contributed by atoms with van der Waals surface area (Å²) in [5, 5.41) is 3.30. The van der Waals surface area contributed by atoms with E-state index in [-0.39, 0.29) is 23.6 Å². The highest BCUT2D eigenvalue weighted by Gasteiger charge is 2.33. The zero-order valence-corrected chi connectivity index (χ0v) is 24.0. The molecule has 0 fully saturated rings. The Hall–Kier alpha value is -4.40. The number of carbonyl (C=O) groups is 4. The first-order chi connectivity index (χ1) is 20.4. The Morgan fingerprint density at radius 2 is 0.952 bits per heavy atom. The van der Waals surface area contributed by atoms with Crippen molar-refractivity contribution in [2.24, 2.45) is 0 Å². The van der Waals surface area contributed by atoms with Gasteiger partial charge in [0.25, 0.3) is 23.6 Å². The first-order valence-electron chi connectivity index (χ1n) is 14.6. The Labute approximate surface area is 245 Å². The van der Waals surface area contributed by atoms with Crippen molar-refractivity contribution in [2.75, 3.05) is 52.9 Å². The van der Waals surface area contributed by atoms with Crippen molar-refractivity contribution in [3.8, 4) is 0 Å². The molecule has 0 atom stereocenters. The molecule has 8 heteroatoms. The van der Waals surface area contributed by atoms with Crippen LogP contribution in [-0.2, 0) is 0 Å². The summed E-state index contributed by atoms with van der Waals surface area (Å²) in [5.74, 6) is -0.951. The average molecular weight is 563 g/mol. The molecule has 2 aliphatic rings. The van der Waals surface area contributed by atoms with Gasteiger partial charge in [-0.25, -0.2) is 0 Å². The predicted octanol–water partition coefficient (Wildman–Crippen LogP) is 4.53. The van der Waals surface area contributed by atoms with Gasteiger partial charge in [0.2, 0.25) is 0 Å². The van der Waals surface area contributed by atoms with Crippen LogP contribution in [0.4, 0.5) is 0 Å². The number of benzene rings is 4. The van der Waals surface area contributed by atoms with Gasteiger partial charge in [-0.2, -0.15) is 0 Å². The van der Waals surface area contributed by atoms with Gasteiger partial charge in [-0.15, -0.1) is 0 Å². The van der Waals surface area contributed by atoms with Gasteiger partial charge in [0.1, 0.15) is 0 Å². The summed E-state index contributed by atoms with van der Waals surface area (Å²) < 4.78 is 0. The van der Waals surface area contributed by atoms with Crippen molar-refractivity contribution in [2.45, 2.75) is 13.3 Å². The fourth-order valence-electron chi connectivity index (χ4n) is 6.18. The zero-order chi connectivity index (χ0) is 29.4. The van der Waals surface area contributed by atoms with Crippen LogP contribution in [0.25, 0.3) is 21.5 Å². The summed E-state index contributed by atoms with van der Waals surface area (Å²) in [4.78, 5) is 59.9. The molecule has 0 saturated carbocycles. The van der Waals surface area contributed by atoms with E-state index in [9.17, 15) is 19.2 Å². The molecule has 42 heavy (non-hydrogen) atoms. The Kier molecular flexibility index (Phi) is 7.58. The molecule has 2 heterocycles. The van der Waals surface area contributed by atoms with Gasteiger partial charge in [0, 0.05) is 59.2 Å². The Morgan fingerprint density at radius 3 is 1.36 bits per heavy atom. The molecule has 0 bridgehead atoms. The van der Waals surface area contributed by atoms with Crippen molar-refractivity contribution < 1.29 is 19.2 Å². The van der Waals surface area contributed by atoms with Crippen LogP contribution in [0.15, 0.2) is 72.8 Å². The van der Waals surface area contributed by atoms with Crippen LogP contribution in [-0.4, -0.2) is 96.1 Å². The minimum Gasteiger partial charge on any atom is -0.305 e. The predicted molar refractivity (Wildman–Crippen MR) is 163 cm³/mol. The minimum absolute atomic E-state index is 0.235. The van der Waals surface area contributed by atoms with Crippen LogP contribution in [0.2, 0.25) is 0 Å². The van der Waals surface area contributed by atoms with Crippen LogP contribution in [0.1, 0.15) is 54.8 Å². The number of carbonyl (C=O) groups excluding carboxylic acids is 4. The maximum absolute atomic E-state index is 13.2. The summed E-state index contributed by atoms with van der Waals surface area (Å²) in [6, 6.07) is 22.3. The molecule has 0 saturated heterocycles. The van der Waals surface area contributed by atoms with E-state index in [2.05, 4.69) is 16.7 Å². The fraction of sp³-hybridized carbons (Fsp3) is 0.294. The normalized spacial score (nSPS) is 14.8. The number of nitrogens with zero attached hydrogens (tertiary/aromatic N) is 4. The Bertz CT molecular complexity index is 1630. The van der Waals surface area contributed by atoms with Crippen LogP contribution < -0.4 is 0 Å². The van der Waals surface area contributed by atoms with E-state index in [1.165, 1.54) is 9.80 Å². The van der Waals surface area contributed by atoms with Crippen molar-refractivity contribution in [1.29, 1.82) is 0 Å². The number of hydrogen-bond acceptors (Lipinski definition) is 6. The largest absolute Gasteiger partial charge is 0.305 e. The maximum atomic E-state index is 13.2. The second kappa shape index (κ2) is 11.5. The highest BCUT2D eigenvalue weighted by molar-refractivity contribution is 6.26. The van der Waals surface area contributed by atoms with Gasteiger partial charge < -0.3 is 9.80 Å². The van der Waals surface area contributed by atoms with Crippen molar-refractivity contribution in [1.82, 2.24) is 19.6 Å². The van der Waals surface area contributed by atoms with Gasteiger partial charge in [0.15, 0.2) is 0 Å². The van der Waals surface area contributed by atoms with Crippen molar-refractivity contribution in [3.05, 3.63) is 95.1 Å². The molecule has 0 aromatic heterocycles. The number of hydrogen-bond donors (Lipinski definition) is 0. The van der Waals surface area contributed by atoms with E-state index in [4.69, 9.17) is 0 Å². The van der Waals surface area contributed by atoms with Gasteiger partial charge in [-0.3, -0.25) is 29.0 Å². The number of amides is 4. The molecule has 4 amide bonds. The van der Waals surface area contributed by atoms with E-state index in [0.717, 1.165) is 47.6 Å². The van der Waals surface area contributed by atoms with Gasteiger partial charge in [-0.05, 0) is 68.1 Å². The van der Waals surface area contributed by atoms with E-state index < -0.39 is 0 Å². The van der Waals surface area contributed by atoms with Crippen LogP contribution in [0, 0.1) is 0 Å². The van der Waals surface area contributed by atoms with Crippen LogP contribution in [0.3, 0.4) is 0 Å². The summed E-state index contributed by atoms with van der Waals surface area (Å²) in [5.41, 5.74) is 2.32. The topological polar surface area (TPSA) is 81.2 Å². The van der Waals surface area contributed by atoms with Crippen LogP contribution >= 0.6 is 0 Å². The third kappa shape index (κ3) is 4.86. The van der Waals surface area contributed by atoms with Gasteiger partial charge in [-0.1, -0.05) is 55.5 Å². The lowest BCUT2D eigenvalue weighted by Gasteiger charge is -2.30. The molecule has 0 spiro atoms. The molecule has 8 nitrogen and oxygen atoms in total. The van der Waals surface area contributed by atoms with E-state index >= 15 is 0 Å². The molecular formula is C34H34N4O4. The monoisotopic (exact) mass is 562 g/mol. The SMILES string of the molecule is CCN(CCCN(C)CCN1C(=O)c2cccc3cccc(c23)C1=O)CCN1C(=O)c2cccc3cccc(c23)C1=O. The van der Waals surface area contributed by atoms with Crippen molar-refractivity contribution in [3.63, 3.8) is 0 Å². The smallest absolute Gasteiger partial charge is 0.261 e. The lowest BCUT2D eigenvalue weighted by molar-refractivity contribution is 0.0584. The number of rotatable bonds is 11. The molecule has 214 valence electrons. The molecular weight excluding hydrogens is 528 g/mol. The summed E-state index contributed by atoms with van der Waals surface area (Å²) in [7, 11) is 1.99. The quantitative estimate of drug-likeness (QED) is 0.250. The van der Waals surface area contributed by atoms with E-state index in [1.54, 1.807) is 24.3 Å². The zero-order valence-electron chi connectivity index (χ0n) is 24.0. The highest BCUT2D eigenvalue weighted by atomic mass is 16.2. The number of imide groups is 2. The Morgan fingerprint density at radius 1 is 0.548 bits per heavy atom. The van der Waals surface area contributed by atoms with E-state index in [0.29, 0.717) is 48.4 Å². The molecule has 4 aromatic rings. The minimum atomic E-state index is -0.240. The van der Waals surface area contributed by atoms with Crippen molar-refractivity contribution >= 4 is 45.2 Å². The molecule has 0 radical (unpaired) electrons. The van der Waals surface area contributed by atoms with Gasteiger partial charge in [0.05, 0.1) is 0 Å². The second-order valence-corrected chi connectivity index (χ2v) is 11.0. The molecule has 6 rings (SSSR count). The standard InChI is InChI=1S/C34H34N4O4/c1-3-36(20-22-38-33(41)27-15-6-11-24-12-7-16-28(30(24)27)34(38)42)18-8-17-35(2)19-21-37-31(39)25-13-4-9-23-10-5-14-26(29(23)25)32(37)40/h4-7,9-16H,3,8,17-22H2,1-2H3. The Balaban J connectivity index is 1.00. The maximum Gasteiger partial charge on any atom is 0.261 e. The molecule has 0 unspecified atom stereocenters. The summed E-state index contributed by atoms with van der Waals surface area (Å²) in [6.45, 7) is 6.29. The molecule has 0 aliphatic carbocycles. The molecule has 2 aliphatic heterocycles. The lowest BCUT2D eigenvalue weighted by Crippen LogP contribution is -2.45. The number of likely N-dealkylation sites (N-methyl/N-ethyl adjacent to an activating group) is 2. The van der Waals surface area contributed by atoms with Gasteiger partial charge >= 0.3 is 0 Å². The first-order valence-corrected chi connectivity index (χ1v) is 14.6.